The molecule has 24 nitrogen and oxygen atoms in total. The van der Waals surface area contributed by atoms with E-state index in [1.807, 2.05) is 111 Å². The SMILES string of the molecule is CC1(C)CC(Nc2nc(OC3CC(C)(C)N(O)C(C)(C)C3)nc(N(CCCCN(c3nc(NC4CC(C)(C)N(O)C(C)(C)C4)nc(OC4CC(C)(C)N(O)C(C)(C)C4)n3)C3CC(C)(C)N(O)C(C)(C)C3)C3CC(C)(C)N(O)C(C)(C)C3)n2)CC(C)(C)N1O. The van der Waals surface area contributed by atoms with E-state index in [2.05, 4.69) is 75.8 Å². The van der Waals surface area contributed by atoms with Gasteiger partial charge in [0.15, 0.2) is 0 Å². The number of rotatable bonds is 17. The molecule has 0 amide bonds. The zero-order valence-corrected chi connectivity index (χ0v) is 58.5. The molecule has 502 valence electrons. The van der Waals surface area contributed by atoms with Gasteiger partial charge in [0.05, 0.1) is 0 Å². The minimum Gasteiger partial charge on any atom is -0.460 e. The van der Waals surface area contributed by atoms with Crippen molar-refractivity contribution in [3.8, 4) is 12.0 Å². The average molecular weight is 1240 g/mol. The Morgan fingerprint density at radius 3 is 0.784 bits per heavy atom. The zero-order valence-electron chi connectivity index (χ0n) is 58.5. The van der Waals surface area contributed by atoms with Crippen LogP contribution in [0.3, 0.4) is 0 Å². The molecule has 2 aromatic rings. The Labute approximate surface area is 527 Å². The first-order chi connectivity index (χ1) is 39.9. The van der Waals surface area contributed by atoms with Gasteiger partial charge in [-0.3, -0.25) is 0 Å². The Bertz CT molecular complexity index is 2360. The summed E-state index contributed by atoms with van der Waals surface area (Å²) >= 11 is 0. The van der Waals surface area contributed by atoms with Crippen molar-refractivity contribution in [3.05, 3.63) is 0 Å². The van der Waals surface area contributed by atoms with Crippen LogP contribution in [0.25, 0.3) is 0 Å². The molecule has 0 spiro atoms. The van der Waals surface area contributed by atoms with E-state index in [0.717, 1.165) is 0 Å². The predicted octanol–water partition coefficient (Wildman–Crippen LogP) is 11.2. The monoisotopic (exact) mass is 1240 g/mol. The topological polar surface area (TPSA) is 267 Å². The van der Waals surface area contributed by atoms with Crippen molar-refractivity contribution in [1.29, 1.82) is 0 Å². The van der Waals surface area contributed by atoms with Crippen LogP contribution in [0, 0.1) is 0 Å². The second-order valence-corrected chi connectivity index (χ2v) is 35.1. The van der Waals surface area contributed by atoms with E-state index in [0.29, 0.717) is 127 Å². The molecule has 0 radical (unpaired) electrons. The number of hydrogen-bond acceptors (Lipinski definition) is 24. The maximum atomic E-state index is 11.8. The maximum absolute atomic E-state index is 11.8. The largest absolute Gasteiger partial charge is 0.460 e. The summed E-state index contributed by atoms with van der Waals surface area (Å²) in [5.41, 5.74) is -7.05. The van der Waals surface area contributed by atoms with Crippen molar-refractivity contribution < 1.29 is 40.7 Å². The molecule has 24 heteroatoms. The molecule has 0 saturated carbocycles. The third kappa shape index (κ3) is 14.9. The maximum Gasteiger partial charge on any atom is 0.323 e. The van der Waals surface area contributed by atoms with Crippen LogP contribution in [0.15, 0.2) is 0 Å². The normalized spacial score (nSPS) is 27.8. The predicted molar refractivity (Wildman–Crippen MR) is 341 cm³/mol. The number of hydrogen-bond donors (Lipinski definition) is 8. The number of nitrogens with zero attached hydrogens (tertiary/aromatic N) is 14. The molecule has 8 N–H and O–H groups in total. The van der Waals surface area contributed by atoms with Crippen molar-refractivity contribution in [1.82, 2.24) is 60.3 Å². The van der Waals surface area contributed by atoms with Crippen LogP contribution in [0.4, 0.5) is 23.8 Å². The number of anilines is 4. The van der Waals surface area contributed by atoms with Gasteiger partial charge in [0.1, 0.15) is 12.2 Å². The quantitative estimate of drug-likeness (QED) is 0.0684. The summed E-state index contributed by atoms with van der Waals surface area (Å²) in [5.74, 6) is 1.65. The van der Waals surface area contributed by atoms with Crippen LogP contribution < -0.4 is 29.9 Å². The van der Waals surface area contributed by atoms with Gasteiger partial charge < -0.3 is 61.2 Å². The van der Waals surface area contributed by atoms with E-state index < -0.39 is 66.5 Å². The fourth-order valence-electron chi connectivity index (χ4n) is 17.4. The molecule has 8 rings (SSSR count). The van der Waals surface area contributed by atoms with E-state index in [9.17, 15) is 31.2 Å². The van der Waals surface area contributed by atoms with Gasteiger partial charge in [-0.05, 0) is 230 Å². The summed E-state index contributed by atoms with van der Waals surface area (Å²) in [5, 5.41) is 85.1. The molecule has 6 aliphatic rings. The van der Waals surface area contributed by atoms with E-state index in [1.54, 1.807) is 0 Å². The molecular formula is C64H118N16O8. The number of ether oxygens (including phenoxy) is 2. The number of aromatic nitrogens is 6. The van der Waals surface area contributed by atoms with Gasteiger partial charge in [0.2, 0.25) is 23.8 Å². The molecule has 6 saturated heterocycles. The highest BCUT2D eigenvalue weighted by atomic mass is 16.5. The average Bonchev–Trinajstić information content (AvgIpc) is 1.64. The number of nitrogens with one attached hydrogen (secondary N) is 2. The van der Waals surface area contributed by atoms with E-state index in [-0.39, 0.29) is 48.4 Å². The van der Waals surface area contributed by atoms with Gasteiger partial charge >= 0.3 is 12.0 Å². The lowest BCUT2D eigenvalue weighted by Gasteiger charge is -2.54. The Morgan fingerprint density at radius 2 is 0.545 bits per heavy atom. The molecule has 0 aliphatic carbocycles. The number of piperidine rings is 6. The van der Waals surface area contributed by atoms with Crippen molar-refractivity contribution in [2.75, 3.05) is 33.5 Å². The van der Waals surface area contributed by atoms with Gasteiger partial charge in [-0.1, -0.05) is 0 Å². The summed E-state index contributed by atoms with van der Waals surface area (Å²) in [6.07, 6.45) is 7.70. The Morgan fingerprint density at radius 1 is 0.330 bits per heavy atom. The Balaban J connectivity index is 1.19. The van der Waals surface area contributed by atoms with Gasteiger partial charge in [-0.15, -0.1) is 0 Å². The van der Waals surface area contributed by atoms with Gasteiger partial charge in [0.25, 0.3) is 0 Å². The van der Waals surface area contributed by atoms with Crippen molar-refractivity contribution in [2.24, 2.45) is 0 Å². The zero-order chi connectivity index (χ0) is 65.9. The molecule has 8 heterocycles. The molecule has 0 atom stereocenters. The van der Waals surface area contributed by atoms with Crippen LogP contribution >= 0.6 is 0 Å². The summed E-state index contributed by atoms with van der Waals surface area (Å²) in [4.78, 5) is 35.8. The molecule has 6 aliphatic heterocycles. The first-order valence-corrected chi connectivity index (χ1v) is 32.8. The summed E-state index contributed by atoms with van der Waals surface area (Å²) < 4.78 is 13.8. The summed E-state index contributed by atoms with van der Waals surface area (Å²) in [6, 6.07) is -0.109. The molecular weight excluding hydrogens is 1120 g/mol. The molecule has 2 aromatic heterocycles. The highest BCUT2D eigenvalue weighted by Crippen LogP contribution is 2.46. The van der Waals surface area contributed by atoms with Crippen LogP contribution in [0.5, 0.6) is 12.0 Å². The summed E-state index contributed by atoms with van der Waals surface area (Å²) in [6.45, 7) is 50.1. The molecule has 0 unspecified atom stereocenters. The van der Waals surface area contributed by atoms with Crippen molar-refractivity contribution in [3.63, 3.8) is 0 Å². The fraction of sp³-hybridized carbons (Fsp3) is 0.906. The second kappa shape index (κ2) is 23.7. The third-order valence-corrected chi connectivity index (χ3v) is 20.6. The summed E-state index contributed by atoms with van der Waals surface area (Å²) in [7, 11) is 0. The van der Waals surface area contributed by atoms with Gasteiger partial charge in [-0.2, -0.15) is 60.3 Å². The van der Waals surface area contributed by atoms with Crippen LogP contribution in [0.2, 0.25) is 0 Å². The lowest BCUT2D eigenvalue weighted by molar-refractivity contribution is -0.255. The van der Waals surface area contributed by atoms with Crippen molar-refractivity contribution in [2.45, 2.75) is 359 Å². The molecule has 0 bridgehead atoms. The molecule has 6 fully saturated rings. The lowest BCUT2D eigenvalue weighted by atomic mass is 9.78. The minimum absolute atomic E-state index is 0.105. The van der Waals surface area contributed by atoms with E-state index in [4.69, 9.17) is 39.4 Å². The van der Waals surface area contributed by atoms with E-state index >= 15 is 0 Å². The lowest BCUT2D eigenvalue weighted by Crippen LogP contribution is -2.63. The van der Waals surface area contributed by atoms with E-state index in [1.165, 1.54) is 30.4 Å². The standard InChI is InChI=1S/C64H118N16O8/c1-53(2)29-41(30-54(3,4)75(53)81)65-47-67-49(71-51(69-47)87-45-37-61(17,18)79(85)62(19,20)38-45)73(43-33-57(9,10)77(83)58(11,12)34-43)27-25-26-28-74(44-35-59(13,14)78(84)60(15,16)36-44)50-68-48(66-42-31-55(5,6)76(82)56(7,8)32-42)70-52(72-50)88-46-39-63(21,22)80(86)64(23,24)40-46/h41-46,81-86H,25-40H2,1-24H3,(H,65,67,69,71)(H,66,68,70,72). The fourth-order valence-corrected chi connectivity index (χ4v) is 17.4. The van der Waals surface area contributed by atoms with Gasteiger partial charge in [0, 0.05) is 129 Å². The Kier molecular flexibility index (Phi) is 18.9. The highest BCUT2D eigenvalue weighted by Gasteiger charge is 2.53. The third-order valence-electron chi connectivity index (χ3n) is 20.6. The minimum atomic E-state index is -0.619. The highest BCUT2D eigenvalue weighted by molar-refractivity contribution is 5.43. The molecule has 88 heavy (non-hydrogen) atoms. The Hall–Kier alpha value is -3.66. The van der Waals surface area contributed by atoms with Crippen LogP contribution in [-0.4, -0.2) is 207 Å². The number of unbranched alkanes of at least 4 members (excludes halogenated alkanes) is 1. The molecule has 0 aromatic carbocycles. The number of hydroxylamine groups is 12. The van der Waals surface area contributed by atoms with Crippen LogP contribution in [0.1, 0.15) is 256 Å². The van der Waals surface area contributed by atoms with Gasteiger partial charge in [-0.25, -0.2) is 0 Å². The second-order valence-electron chi connectivity index (χ2n) is 35.1. The first kappa shape index (κ1) is 70.2. The van der Waals surface area contributed by atoms with Crippen molar-refractivity contribution >= 4 is 23.8 Å². The van der Waals surface area contributed by atoms with Crippen LogP contribution in [-0.2, 0) is 0 Å². The smallest absolute Gasteiger partial charge is 0.323 e. The first-order valence-electron chi connectivity index (χ1n) is 32.8.